The van der Waals surface area contributed by atoms with Gasteiger partial charge in [0.1, 0.15) is 0 Å². The first-order valence-electron chi connectivity index (χ1n) is 9.42. The van der Waals surface area contributed by atoms with E-state index in [4.69, 9.17) is 15.2 Å². The predicted molar refractivity (Wildman–Crippen MR) is 97.9 cm³/mol. The van der Waals surface area contributed by atoms with Gasteiger partial charge in [0.05, 0.1) is 30.6 Å². The van der Waals surface area contributed by atoms with Crippen molar-refractivity contribution >= 4 is 11.8 Å². The van der Waals surface area contributed by atoms with Crippen molar-refractivity contribution in [3.63, 3.8) is 0 Å². The molecule has 1 heterocycles. The summed E-state index contributed by atoms with van der Waals surface area (Å²) in [6.07, 6.45) is 2.71. The maximum Gasteiger partial charge on any atom is 0.225 e. The monoisotopic (exact) mass is 356 g/mol. The van der Waals surface area contributed by atoms with Gasteiger partial charge < -0.3 is 20.1 Å². The molecule has 1 saturated heterocycles. The third-order valence-corrected chi connectivity index (χ3v) is 6.02. The fourth-order valence-corrected chi connectivity index (χ4v) is 3.81. The van der Waals surface area contributed by atoms with Crippen molar-refractivity contribution in [3.8, 4) is 0 Å². The molecule has 1 aliphatic heterocycles. The summed E-state index contributed by atoms with van der Waals surface area (Å²) in [5, 5.41) is 0. The molecule has 0 aromatic carbocycles. The molecule has 0 bridgehead atoms. The van der Waals surface area contributed by atoms with Crippen LogP contribution >= 0.6 is 0 Å². The number of primary amides is 1. The van der Waals surface area contributed by atoms with Crippen LogP contribution in [0.2, 0.25) is 0 Å². The fraction of sp³-hybridized carbons (Fsp3) is 0.895. The highest BCUT2D eigenvalue weighted by atomic mass is 16.5. The summed E-state index contributed by atoms with van der Waals surface area (Å²) < 4.78 is 11.2. The van der Waals surface area contributed by atoms with Gasteiger partial charge in [-0.1, -0.05) is 34.1 Å². The van der Waals surface area contributed by atoms with Gasteiger partial charge in [0.2, 0.25) is 11.8 Å². The van der Waals surface area contributed by atoms with E-state index in [0.717, 1.165) is 19.3 Å². The standard InChI is InChI=1S/C19H36N2O4/c1-7-12(2)13(3)16(24-5)11-17(22)21-10-8-9-15(21)18(25-6)14(4)19(20)23/h12-16,18H,7-11H2,1-6H3,(H2,20,23)/t12?,13-,14?,15?,16?,18?/m0/s1. The maximum atomic E-state index is 12.9. The van der Waals surface area contributed by atoms with Gasteiger partial charge in [0.15, 0.2) is 0 Å². The largest absolute Gasteiger partial charge is 0.381 e. The Hall–Kier alpha value is -1.14. The number of likely N-dealkylation sites (tertiary alicyclic amines) is 1. The zero-order valence-electron chi connectivity index (χ0n) is 16.7. The van der Waals surface area contributed by atoms with Gasteiger partial charge in [-0.15, -0.1) is 0 Å². The number of methoxy groups -OCH3 is 2. The molecule has 1 fully saturated rings. The molecule has 1 aliphatic rings. The Morgan fingerprint density at radius 2 is 1.84 bits per heavy atom. The van der Waals surface area contributed by atoms with Crippen LogP contribution in [0.1, 0.15) is 53.4 Å². The van der Waals surface area contributed by atoms with Crippen LogP contribution in [0, 0.1) is 17.8 Å². The fourth-order valence-electron chi connectivity index (χ4n) is 3.81. The molecule has 5 unspecified atom stereocenters. The van der Waals surface area contributed by atoms with E-state index in [1.165, 1.54) is 0 Å². The van der Waals surface area contributed by atoms with E-state index in [0.29, 0.717) is 24.8 Å². The number of nitrogens with two attached hydrogens (primary N) is 1. The van der Waals surface area contributed by atoms with Crippen LogP contribution < -0.4 is 5.73 Å². The first-order chi connectivity index (χ1) is 11.8. The van der Waals surface area contributed by atoms with Crippen LogP contribution in [-0.2, 0) is 19.1 Å². The van der Waals surface area contributed by atoms with Crippen LogP contribution in [0.25, 0.3) is 0 Å². The molecule has 25 heavy (non-hydrogen) atoms. The minimum absolute atomic E-state index is 0.0724. The summed E-state index contributed by atoms with van der Waals surface area (Å²) in [6.45, 7) is 8.95. The van der Waals surface area contributed by atoms with E-state index in [2.05, 4.69) is 20.8 Å². The zero-order valence-corrected chi connectivity index (χ0v) is 16.7. The predicted octanol–water partition coefficient (Wildman–Crippen LogP) is 2.20. The van der Waals surface area contributed by atoms with Crippen molar-refractivity contribution in [2.24, 2.45) is 23.5 Å². The number of rotatable bonds is 10. The molecule has 0 aromatic heterocycles. The zero-order chi connectivity index (χ0) is 19.1. The summed E-state index contributed by atoms with van der Waals surface area (Å²) in [4.78, 5) is 26.4. The van der Waals surface area contributed by atoms with Crippen molar-refractivity contribution in [2.45, 2.75) is 71.6 Å². The Balaban J connectivity index is 2.83. The van der Waals surface area contributed by atoms with Crippen molar-refractivity contribution in [1.29, 1.82) is 0 Å². The molecule has 1 rings (SSSR count). The Bertz CT molecular complexity index is 443. The molecule has 6 atom stereocenters. The van der Waals surface area contributed by atoms with Gasteiger partial charge >= 0.3 is 0 Å². The Morgan fingerprint density at radius 3 is 2.32 bits per heavy atom. The second-order valence-electron chi connectivity index (χ2n) is 7.41. The van der Waals surface area contributed by atoms with Gasteiger partial charge in [-0.05, 0) is 24.7 Å². The number of carbonyl (C=O) groups is 2. The van der Waals surface area contributed by atoms with E-state index in [-0.39, 0.29) is 24.2 Å². The summed E-state index contributed by atoms with van der Waals surface area (Å²) in [5.41, 5.74) is 5.45. The topological polar surface area (TPSA) is 81.9 Å². The number of hydrogen-bond donors (Lipinski definition) is 1. The molecule has 146 valence electrons. The lowest BCUT2D eigenvalue weighted by atomic mass is 9.87. The summed E-state index contributed by atoms with van der Waals surface area (Å²) >= 11 is 0. The van der Waals surface area contributed by atoms with Gasteiger partial charge in [-0.25, -0.2) is 0 Å². The molecule has 0 aromatic rings. The van der Waals surface area contributed by atoms with E-state index < -0.39 is 11.8 Å². The third-order valence-electron chi connectivity index (χ3n) is 6.02. The minimum Gasteiger partial charge on any atom is -0.381 e. The second-order valence-corrected chi connectivity index (χ2v) is 7.41. The highest BCUT2D eigenvalue weighted by Gasteiger charge is 2.40. The molecule has 6 nitrogen and oxygen atoms in total. The minimum atomic E-state index is -0.430. The van der Waals surface area contributed by atoms with Crippen LogP contribution in [0.5, 0.6) is 0 Å². The summed E-state index contributed by atoms with van der Waals surface area (Å²) in [7, 11) is 3.25. The van der Waals surface area contributed by atoms with Crippen LogP contribution in [0.15, 0.2) is 0 Å². The van der Waals surface area contributed by atoms with E-state index in [9.17, 15) is 9.59 Å². The molecule has 0 saturated carbocycles. The number of amides is 2. The van der Waals surface area contributed by atoms with Crippen molar-refractivity contribution in [3.05, 3.63) is 0 Å². The number of hydrogen-bond acceptors (Lipinski definition) is 4. The molecular weight excluding hydrogens is 320 g/mol. The normalized spacial score (nSPS) is 23.8. The molecule has 0 radical (unpaired) electrons. The Morgan fingerprint density at radius 1 is 1.20 bits per heavy atom. The molecule has 2 amide bonds. The Kier molecular flexibility index (Phi) is 8.86. The first kappa shape index (κ1) is 21.9. The molecule has 0 aliphatic carbocycles. The number of ether oxygens (including phenoxy) is 2. The van der Waals surface area contributed by atoms with E-state index in [1.54, 1.807) is 21.1 Å². The molecule has 2 N–H and O–H groups in total. The molecule has 6 heteroatoms. The lowest BCUT2D eigenvalue weighted by Crippen LogP contribution is -2.49. The van der Waals surface area contributed by atoms with Crippen LogP contribution in [0.4, 0.5) is 0 Å². The maximum absolute atomic E-state index is 12.9. The smallest absolute Gasteiger partial charge is 0.225 e. The van der Waals surface area contributed by atoms with Gasteiger partial charge in [0.25, 0.3) is 0 Å². The third kappa shape index (κ3) is 5.42. The van der Waals surface area contributed by atoms with Gasteiger partial charge in [-0.2, -0.15) is 0 Å². The van der Waals surface area contributed by atoms with Crippen molar-refractivity contribution < 1.29 is 19.1 Å². The first-order valence-corrected chi connectivity index (χ1v) is 9.42. The van der Waals surface area contributed by atoms with Gasteiger partial charge in [-0.3, -0.25) is 9.59 Å². The highest BCUT2D eigenvalue weighted by molar-refractivity contribution is 5.79. The SMILES string of the molecule is CCC(C)[C@H](C)C(CC(=O)N1CCCC1C(OC)C(C)C(N)=O)OC. The summed E-state index contributed by atoms with van der Waals surface area (Å²) in [5.74, 6) is 0.0479. The van der Waals surface area contributed by atoms with Crippen molar-refractivity contribution in [2.75, 3.05) is 20.8 Å². The van der Waals surface area contributed by atoms with E-state index in [1.807, 2.05) is 4.90 Å². The highest BCUT2D eigenvalue weighted by Crippen LogP contribution is 2.29. The van der Waals surface area contributed by atoms with Crippen LogP contribution in [-0.4, -0.2) is 55.7 Å². The van der Waals surface area contributed by atoms with Crippen LogP contribution in [0.3, 0.4) is 0 Å². The number of nitrogens with zero attached hydrogens (tertiary/aromatic N) is 1. The quantitative estimate of drug-likeness (QED) is 0.650. The van der Waals surface area contributed by atoms with E-state index >= 15 is 0 Å². The average Bonchev–Trinajstić information content (AvgIpc) is 3.08. The van der Waals surface area contributed by atoms with Crippen molar-refractivity contribution in [1.82, 2.24) is 4.90 Å². The molecule has 0 spiro atoms. The molecular formula is C19H36N2O4. The second kappa shape index (κ2) is 10.1. The lowest BCUT2D eigenvalue weighted by Gasteiger charge is -2.35. The Labute approximate surface area is 152 Å². The average molecular weight is 357 g/mol. The lowest BCUT2D eigenvalue weighted by molar-refractivity contribution is -0.141. The van der Waals surface area contributed by atoms with Gasteiger partial charge in [0, 0.05) is 20.8 Å². The number of carbonyl (C=O) groups excluding carboxylic acids is 2. The summed E-state index contributed by atoms with van der Waals surface area (Å²) in [6, 6.07) is -0.101.